The molecule has 154 valence electrons. The van der Waals surface area contributed by atoms with Crippen molar-refractivity contribution in [3.8, 4) is 11.5 Å². The van der Waals surface area contributed by atoms with Gasteiger partial charge in [-0.2, -0.15) is 0 Å². The number of hydrogen-bond acceptors (Lipinski definition) is 4. The lowest BCUT2D eigenvalue weighted by atomic mass is 10.0. The summed E-state index contributed by atoms with van der Waals surface area (Å²) in [6.07, 6.45) is 3.56. The lowest BCUT2D eigenvalue weighted by Gasteiger charge is -2.04. The third-order valence-corrected chi connectivity index (χ3v) is 5.39. The number of benzene rings is 2. The van der Waals surface area contributed by atoms with Crippen molar-refractivity contribution in [3.05, 3.63) is 89.6 Å². The number of rotatable bonds is 6. The SMILES string of the molecule is CCc1nc2ccccn2c1C(=O)CCc1ccc2oc(-c3ccc(F)cc3)nc2c1. The van der Waals surface area contributed by atoms with Crippen molar-refractivity contribution in [3.63, 3.8) is 0 Å². The minimum Gasteiger partial charge on any atom is -0.436 e. The largest absolute Gasteiger partial charge is 0.436 e. The minimum absolute atomic E-state index is 0.0720. The molecule has 0 unspecified atom stereocenters. The molecule has 5 rings (SSSR count). The Bertz CT molecular complexity index is 1400. The first-order valence-corrected chi connectivity index (χ1v) is 10.3. The average Bonchev–Trinajstić information content (AvgIpc) is 3.38. The quantitative estimate of drug-likeness (QED) is 0.337. The van der Waals surface area contributed by atoms with Crippen LogP contribution in [-0.2, 0) is 12.8 Å². The Labute approximate surface area is 178 Å². The molecule has 0 bridgehead atoms. The first kappa shape index (κ1) is 19.2. The Morgan fingerprint density at radius 3 is 2.71 bits per heavy atom. The predicted octanol–water partition coefficient (Wildman–Crippen LogP) is 5.66. The maximum Gasteiger partial charge on any atom is 0.227 e. The van der Waals surface area contributed by atoms with Crippen molar-refractivity contribution in [1.29, 1.82) is 0 Å². The molecular formula is C25H20FN3O2. The second-order valence-corrected chi connectivity index (χ2v) is 7.44. The molecule has 31 heavy (non-hydrogen) atoms. The number of hydrogen-bond donors (Lipinski definition) is 0. The summed E-state index contributed by atoms with van der Waals surface area (Å²) in [5.74, 6) is 0.216. The molecule has 0 spiro atoms. The van der Waals surface area contributed by atoms with Gasteiger partial charge in [0.05, 0.1) is 5.69 Å². The van der Waals surface area contributed by atoms with Crippen molar-refractivity contribution >= 4 is 22.5 Å². The highest BCUT2D eigenvalue weighted by atomic mass is 19.1. The molecule has 0 saturated heterocycles. The van der Waals surface area contributed by atoms with Gasteiger partial charge in [0.1, 0.15) is 22.7 Å². The van der Waals surface area contributed by atoms with Gasteiger partial charge < -0.3 is 4.42 Å². The summed E-state index contributed by atoms with van der Waals surface area (Å²) in [6.45, 7) is 2.01. The lowest BCUT2D eigenvalue weighted by Crippen LogP contribution is -2.07. The maximum absolute atomic E-state index is 13.2. The second-order valence-electron chi connectivity index (χ2n) is 7.44. The van der Waals surface area contributed by atoms with Gasteiger partial charge in [-0.05, 0) is 66.9 Å². The average molecular weight is 413 g/mol. The fourth-order valence-corrected chi connectivity index (χ4v) is 3.81. The van der Waals surface area contributed by atoms with E-state index in [-0.39, 0.29) is 11.6 Å². The highest BCUT2D eigenvalue weighted by Crippen LogP contribution is 2.26. The van der Waals surface area contributed by atoms with Gasteiger partial charge in [-0.3, -0.25) is 9.20 Å². The second kappa shape index (κ2) is 7.80. The molecule has 0 fully saturated rings. The Morgan fingerprint density at radius 1 is 1.06 bits per heavy atom. The fraction of sp³-hybridized carbons (Fsp3) is 0.160. The van der Waals surface area contributed by atoms with Crippen molar-refractivity contribution in [2.24, 2.45) is 0 Å². The zero-order chi connectivity index (χ0) is 21.4. The van der Waals surface area contributed by atoms with E-state index in [4.69, 9.17) is 4.42 Å². The summed E-state index contributed by atoms with van der Waals surface area (Å²) in [5.41, 5.74) is 5.38. The molecular weight excluding hydrogens is 393 g/mol. The molecule has 3 aromatic heterocycles. The summed E-state index contributed by atoms with van der Waals surface area (Å²) < 4.78 is 20.8. The number of Topliss-reactive ketones (excluding diaryl/α,β-unsaturated/α-hetero) is 1. The van der Waals surface area contributed by atoms with Crippen LogP contribution in [0.4, 0.5) is 4.39 Å². The van der Waals surface area contributed by atoms with Gasteiger partial charge >= 0.3 is 0 Å². The Balaban J connectivity index is 1.37. The van der Waals surface area contributed by atoms with E-state index in [1.54, 1.807) is 12.1 Å². The van der Waals surface area contributed by atoms with Crippen LogP contribution < -0.4 is 0 Å². The zero-order valence-corrected chi connectivity index (χ0v) is 17.0. The van der Waals surface area contributed by atoms with Crippen molar-refractivity contribution < 1.29 is 13.6 Å². The first-order valence-electron chi connectivity index (χ1n) is 10.3. The molecule has 5 nitrogen and oxygen atoms in total. The van der Waals surface area contributed by atoms with E-state index in [0.717, 1.165) is 16.9 Å². The number of nitrogens with zero attached hydrogens (tertiary/aromatic N) is 3. The molecule has 3 heterocycles. The van der Waals surface area contributed by atoms with Crippen LogP contribution >= 0.6 is 0 Å². The number of halogens is 1. The number of aromatic nitrogens is 3. The third-order valence-electron chi connectivity index (χ3n) is 5.39. The molecule has 5 aromatic rings. The van der Waals surface area contributed by atoms with Crippen LogP contribution in [-0.4, -0.2) is 20.2 Å². The van der Waals surface area contributed by atoms with E-state index in [2.05, 4.69) is 9.97 Å². The van der Waals surface area contributed by atoms with Gasteiger partial charge in [-0.15, -0.1) is 0 Å². The van der Waals surface area contributed by atoms with E-state index < -0.39 is 0 Å². The van der Waals surface area contributed by atoms with Gasteiger partial charge in [-0.25, -0.2) is 14.4 Å². The number of ketones is 1. The number of fused-ring (bicyclic) bond motifs is 2. The summed E-state index contributed by atoms with van der Waals surface area (Å²) in [6, 6.07) is 17.5. The predicted molar refractivity (Wildman–Crippen MR) is 117 cm³/mol. The van der Waals surface area contributed by atoms with Crippen LogP contribution in [0.5, 0.6) is 0 Å². The number of carbonyl (C=O) groups excluding carboxylic acids is 1. The molecule has 0 amide bonds. The number of aryl methyl sites for hydroxylation is 2. The zero-order valence-electron chi connectivity index (χ0n) is 17.0. The maximum atomic E-state index is 13.2. The third kappa shape index (κ3) is 3.61. The lowest BCUT2D eigenvalue weighted by molar-refractivity contribution is 0.0976. The number of oxazole rings is 1. The Kier molecular flexibility index (Phi) is 4.82. The molecule has 0 aliphatic heterocycles. The summed E-state index contributed by atoms with van der Waals surface area (Å²) in [4.78, 5) is 22.1. The smallest absolute Gasteiger partial charge is 0.227 e. The van der Waals surface area contributed by atoms with Gasteiger partial charge in [0.2, 0.25) is 5.89 Å². The monoisotopic (exact) mass is 413 g/mol. The van der Waals surface area contributed by atoms with E-state index in [0.29, 0.717) is 47.5 Å². The van der Waals surface area contributed by atoms with E-state index in [1.165, 1.54) is 12.1 Å². The molecule has 0 atom stereocenters. The Hall–Kier alpha value is -3.80. The van der Waals surface area contributed by atoms with Gasteiger partial charge in [0.25, 0.3) is 0 Å². The summed E-state index contributed by atoms with van der Waals surface area (Å²) in [7, 11) is 0. The van der Waals surface area contributed by atoms with Crippen molar-refractivity contribution in [2.75, 3.05) is 0 Å². The molecule has 2 aromatic carbocycles. The first-order chi connectivity index (χ1) is 15.1. The van der Waals surface area contributed by atoms with Gasteiger partial charge in [-0.1, -0.05) is 19.1 Å². The van der Waals surface area contributed by atoms with Gasteiger partial charge in [0, 0.05) is 18.2 Å². The number of pyridine rings is 1. The van der Waals surface area contributed by atoms with Gasteiger partial charge in [0.15, 0.2) is 11.4 Å². The minimum atomic E-state index is -0.302. The molecule has 0 aliphatic carbocycles. The molecule has 0 aliphatic rings. The van der Waals surface area contributed by atoms with Crippen LogP contribution in [0.25, 0.3) is 28.2 Å². The molecule has 0 radical (unpaired) electrons. The summed E-state index contributed by atoms with van der Waals surface area (Å²) in [5, 5.41) is 0. The number of carbonyl (C=O) groups is 1. The standard InChI is InChI=1S/C25H20FN3O2/c1-2-19-24(29-14-4-3-5-23(29)27-19)21(30)12-6-16-7-13-22-20(15-16)28-25(31-22)17-8-10-18(26)11-9-17/h3-5,7-11,13-15H,2,6,12H2,1H3. The normalized spacial score (nSPS) is 11.4. The van der Waals surface area contributed by atoms with E-state index >= 15 is 0 Å². The topological polar surface area (TPSA) is 60.4 Å². The van der Waals surface area contributed by atoms with Crippen molar-refractivity contribution in [1.82, 2.24) is 14.4 Å². The number of imidazole rings is 1. The van der Waals surface area contributed by atoms with Crippen LogP contribution in [0.1, 0.15) is 35.1 Å². The van der Waals surface area contributed by atoms with Crippen molar-refractivity contribution in [2.45, 2.75) is 26.2 Å². The molecule has 6 heteroatoms. The highest BCUT2D eigenvalue weighted by Gasteiger charge is 2.18. The fourth-order valence-electron chi connectivity index (χ4n) is 3.81. The highest BCUT2D eigenvalue weighted by molar-refractivity contribution is 5.96. The summed E-state index contributed by atoms with van der Waals surface area (Å²) >= 11 is 0. The van der Waals surface area contributed by atoms with Crippen LogP contribution in [0.3, 0.4) is 0 Å². The molecule has 0 N–H and O–H groups in total. The van der Waals surface area contributed by atoms with E-state index in [9.17, 15) is 9.18 Å². The van der Waals surface area contributed by atoms with E-state index in [1.807, 2.05) is 53.9 Å². The Morgan fingerprint density at radius 2 is 1.90 bits per heavy atom. The van der Waals surface area contributed by atoms with Crippen LogP contribution in [0, 0.1) is 5.82 Å². The van der Waals surface area contributed by atoms with Crippen LogP contribution in [0.2, 0.25) is 0 Å². The van der Waals surface area contributed by atoms with Crippen LogP contribution in [0.15, 0.2) is 71.3 Å². The molecule has 0 saturated carbocycles.